The third-order valence-electron chi connectivity index (χ3n) is 9.19. The predicted octanol–water partition coefficient (Wildman–Crippen LogP) is 7.56. The van der Waals surface area contributed by atoms with Gasteiger partial charge in [0.25, 0.3) is 13.5 Å². The molecule has 0 unspecified atom stereocenters. The highest BCUT2D eigenvalue weighted by Gasteiger charge is 2.38. The first-order valence-corrected chi connectivity index (χ1v) is 18.9. The van der Waals surface area contributed by atoms with Crippen LogP contribution >= 0.6 is 0 Å². The first-order valence-electron chi connectivity index (χ1n) is 16.4. The van der Waals surface area contributed by atoms with Crippen LogP contribution in [-0.2, 0) is 0 Å². The molecule has 8 rings (SSSR count). The molecule has 0 N–H and O–H groups in total. The standard InChI is InChI=1S/C27H24NOSi.C16H13N2O/c1-30(24-15-7-3-8-16-24,25-17-9-4-10-18-25)26-19-11-12-22-20-28(21-29-27(22)26)23-13-5-2-6-14-23;1-12-5-3-6-13-10-18(11-19-16(12)13)15-8-4-7-14(9-15)17-2/h2-20H,21H2,1H3;3-10H,11H2,1H3/q2*+1. The molecule has 6 aromatic rings. The maximum absolute atomic E-state index is 7.06. The molecule has 238 valence electrons. The molecule has 2 heterocycles. The van der Waals surface area contributed by atoms with Crippen LogP contribution in [0.4, 0.5) is 17.1 Å². The zero-order valence-electron chi connectivity index (χ0n) is 27.7. The van der Waals surface area contributed by atoms with E-state index < -0.39 is 8.07 Å². The highest BCUT2D eigenvalue weighted by Crippen LogP contribution is 2.28. The Morgan fingerprint density at radius 2 is 1.08 bits per heavy atom. The molecule has 6 aromatic carbocycles. The summed E-state index contributed by atoms with van der Waals surface area (Å²) in [5.41, 5.74) is 6.09. The van der Waals surface area contributed by atoms with Gasteiger partial charge in [0.05, 0.1) is 17.7 Å². The van der Waals surface area contributed by atoms with E-state index in [0.717, 1.165) is 39.6 Å². The van der Waals surface area contributed by atoms with Gasteiger partial charge in [-0.05, 0) is 40.2 Å². The van der Waals surface area contributed by atoms with Gasteiger partial charge >= 0.3 is 0 Å². The van der Waals surface area contributed by atoms with Gasteiger partial charge in [-0.25, -0.2) is 4.85 Å². The van der Waals surface area contributed by atoms with E-state index in [2.05, 4.69) is 132 Å². The number of ether oxygens (including phenoxy) is 2. The molecule has 0 amide bonds. The number of para-hydroxylation sites is 3. The number of aryl methyl sites for hydroxylation is 1. The zero-order chi connectivity index (χ0) is 33.6. The monoisotopic (exact) mass is 655 g/mol. The van der Waals surface area contributed by atoms with Crippen molar-refractivity contribution in [2.45, 2.75) is 13.5 Å². The van der Waals surface area contributed by atoms with E-state index in [1.54, 1.807) is 6.07 Å². The third kappa shape index (κ3) is 6.45. The van der Waals surface area contributed by atoms with E-state index in [9.17, 15) is 0 Å². The van der Waals surface area contributed by atoms with Crippen molar-refractivity contribution in [2.24, 2.45) is 0 Å². The molecular formula is C43H37N3O2Si+2. The Bertz CT molecular complexity index is 2170. The Hall–Kier alpha value is -6.03. The second-order valence-corrected chi connectivity index (χ2v) is 16.2. The average Bonchev–Trinajstić information content (AvgIpc) is 3.18. The normalized spacial score (nSPS) is 13.1. The predicted molar refractivity (Wildman–Crippen MR) is 201 cm³/mol. The molecule has 0 atom stereocenters. The van der Waals surface area contributed by atoms with Crippen molar-refractivity contribution in [3.05, 3.63) is 180 Å². The Labute approximate surface area is 289 Å². The van der Waals surface area contributed by atoms with Crippen molar-refractivity contribution in [2.75, 3.05) is 13.5 Å². The zero-order valence-corrected chi connectivity index (χ0v) is 28.7. The van der Waals surface area contributed by atoms with E-state index in [4.69, 9.17) is 16.0 Å². The number of rotatable bonds is 5. The Kier molecular flexibility index (Phi) is 9.01. The summed E-state index contributed by atoms with van der Waals surface area (Å²) in [7, 11) is -2.22. The van der Waals surface area contributed by atoms with Gasteiger partial charge in [0, 0.05) is 24.3 Å². The highest BCUT2D eigenvalue weighted by molar-refractivity contribution is 7.11. The lowest BCUT2D eigenvalue weighted by Crippen LogP contribution is -2.65. The second-order valence-electron chi connectivity index (χ2n) is 12.3. The molecule has 0 aromatic heterocycles. The lowest BCUT2D eigenvalue weighted by atomic mass is 10.1. The van der Waals surface area contributed by atoms with Crippen molar-refractivity contribution >= 4 is 53.1 Å². The summed E-state index contributed by atoms with van der Waals surface area (Å²) in [6.45, 7) is 12.5. The molecule has 6 heteroatoms. The molecule has 0 radical (unpaired) electrons. The summed E-state index contributed by atoms with van der Waals surface area (Å²) in [6.07, 6.45) is 4.28. The van der Waals surface area contributed by atoms with E-state index in [1.807, 2.05) is 54.0 Å². The topological polar surface area (TPSA) is 28.8 Å². The van der Waals surface area contributed by atoms with Crippen LogP contribution in [0.25, 0.3) is 4.85 Å². The van der Waals surface area contributed by atoms with Crippen molar-refractivity contribution in [1.29, 1.82) is 0 Å². The molecule has 0 fully saturated rings. The average molecular weight is 656 g/mol. The molecule has 49 heavy (non-hydrogen) atoms. The van der Waals surface area contributed by atoms with Gasteiger partial charge in [-0.2, -0.15) is 9.15 Å². The number of benzene rings is 6. The first-order chi connectivity index (χ1) is 24.0. The van der Waals surface area contributed by atoms with Crippen LogP contribution in [0, 0.1) is 13.5 Å². The third-order valence-corrected chi connectivity index (χ3v) is 13.6. The van der Waals surface area contributed by atoms with Gasteiger partial charge in [-0.1, -0.05) is 122 Å². The molecule has 0 saturated carbocycles. The van der Waals surface area contributed by atoms with Crippen LogP contribution in [0.2, 0.25) is 6.55 Å². The Balaban J connectivity index is 0.000000171. The summed E-state index contributed by atoms with van der Waals surface area (Å²) in [5.74, 6) is 1.96. The molecule has 0 aliphatic carbocycles. The molecular weight excluding hydrogens is 619 g/mol. The van der Waals surface area contributed by atoms with Crippen LogP contribution < -0.4 is 25.0 Å². The molecule has 2 aliphatic rings. The quantitative estimate of drug-likeness (QED) is 0.0831. The van der Waals surface area contributed by atoms with Crippen LogP contribution in [0.15, 0.2) is 152 Å². The van der Waals surface area contributed by atoms with Gasteiger partial charge in [-0.3, -0.25) is 0 Å². The molecule has 0 saturated heterocycles. The van der Waals surface area contributed by atoms with E-state index >= 15 is 0 Å². The van der Waals surface area contributed by atoms with Crippen molar-refractivity contribution in [1.82, 2.24) is 0 Å². The summed E-state index contributed by atoms with van der Waals surface area (Å²) >= 11 is 0. The summed E-state index contributed by atoms with van der Waals surface area (Å²) in [5, 5.41) is 4.10. The molecule has 5 nitrogen and oxygen atoms in total. The maximum atomic E-state index is 7.06. The summed E-state index contributed by atoms with van der Waals surface area (Å²) in [4.78, 5) is 3.45. The second kappa shape index (κ2) is 14.0. The largest absolute Gasteiger partial charge is 0.435 e. The lowest BCUT2D eigenvalue weighted by molar-refractivity contribution is -0.476. The maximum Gasteiger partial charge on any atom is 0.292 e. The number of hydrogen-bond donors (Lipinski definition) is 0. The van der Waals surface area contributed by atoms with Crippen LogP contribution in [0.3, 0.4) is 0 Å². The minimum Gasteiger partial charge on any atom is -0.435 e. The van der Waals surface area contributed by atoms with Crippen LogP contribution in [-0.4, -0.2) is 43.1 Å². The van der Waals surface area contributed by atoms with E-state index in [-0.39, 0.29) is 0 Å². The van der Waals surface area contributed by atoms with Gasteiger partial charge in [-0.15, -0.1) is 0 Å². The Morgan fingerprint density at radius 3 is 1.71 bits per heavy atom. The molecule has 0 bridgehead atoms. The highest BCUT2D eigenvalue weighted by atomic mass is 28.3. The number of nitrogens with zero attached hydrogens (tertiary/aromatic N) is 3. The van der Waals surface area contributed by atoms with Crippen molar-refractivity contribution < 1.29 is 18.6 Å². The number of fused-ring (bicyclic) bond motifs is 2. The van der Waals surface area contributed by atoms with Gasteiger partial charge in [0.15, 0.2) is 23.8 Å². The molecule has 2 aliphatic heterocycles. The summed E-state index contributed by atoms with van der Waals surface area (Å²) in [6, 6.07) is 52.4. The van der Waals surface area contributed by atoms with E-state index in [1.165, 1.54) is 15.6 Å². The fourth-order valence-electron chi connectivity index (χ4n) is 6.54. The van der Waals surface area contributed by atoms with Gasteiger partial charge in [0.1, 0.15) is 19.6 Å². The van der Waals surface area contributed by atoms with Crippen LogP contribution in [0.1, 0.15) is 16.7 Å². The minimum absolute atomic E-state index is 0.472. The molecule has 0 spiro atoms. The van der Waals surface area contributed by atoms with Crippen LogP contribution in [0.5, 0.6) is 11.5 Å². The van der Waals surface area contributed by atoms with Crippen molar-refractivity contribution in [3.63, 3.8) is 0 Å². The smallest absolute Gasteiger partial charge is 0.292 e. The fourth-order valence-corrected chi connectivity index (χ4v) is 10.3. The lowest BCUT2D eigenvalue weighted by Gasteiger charge is -2.32. The number of hydrogen-bond acceptors (Lipinski definition) is 2. The van der Waals surface area contributed by atoms with E-state index in [0.29, 0.717) is 19.1 Å². The Morgan fingerprint density at radius 1 is 0.571 bits per heavy atom. The van der Waals surface area contributed by atoms with Gasteiger partial charge in [0.2, 0.25) is 5.69 Å². The van der Waals surface area contributed by atoms with Gasteiger partial charge < -0.3 is 9.47 Å². The SMILES string of the molecule is C[Si](c1ccccc1)(c1ccccc1)c1cccc2c1OC[N+](c1ccccc1)=C2.[C-]#[N+]c1cccc([N+]2=Cc3cccc(C)c3OC2)c1. The summed E-state index contributed by atoms with van der Waals surface area (Å²) < 4.78 is 16.4. The fraction of sp³-hybridized carbons (Fsp3) is 0.0930. The minimum atomic E-state index is -2.22. The first kappa shape index (κ1) is 31.6. The van der Waals surface area contributed by atoms with Crippen molar-refractivity contribution in [3.8, 4) is 11.5 Å².